The van der Waals surface area contributed by atoms with Crippen LogP contribution in [0.1, 0.15) is 5.56 Å². The Labute approximate surface area is 150 Å². The molecule has 0 saturated heterocycles. The average Bonchev–Trinajstić information content (AvgIpc) is 2.55. The number of halogens is 2. The van der Waals surface area contributed by atoms with Crippen molar-refractivity contribution in [1.29, 1.82) is 0 Å². The van der Waals surface area contributed by atoms with Gasteiger partial charge >= 0.3 is 0 Å². The quantitative estimate of drug-likeness (QED) is 0.468. The lowest BCUT2D eigenvalue weighted by Crippen LogP contribution is -2.43. The minimum Gasteiger partial charge on any atom is -0.293 e. The SMILES string of the molecule is Cc1c(Cl)cccc1N(CC(=O)NN)S(=O)(=O)c1ccc(Cl)cc1. The summed E-state index contributed by atoms with van der Waals surface area (Å²) in [6.07, 6.45) is 0. The fraction of sp³-hybridized carbons (Fsp3) is 0.133. The van der Waals surface area contributed by atoms with Crippen LogP contribution in [0.25, 0.3) is 0 Å². The summed E-state index contributed by atoms with van der Waals surface area (Å²) in [5.41, 5.74) is 2.75. The maximum atomic E-state index is 13.0. The first-order chi connectivity index (χ1) is 11.3. The number of rotatable bonds is 5. The third-order valence-corrected chi connectivity index (χ3v) is 5.79. The van der Waals surface area contributed by atoms with Crippen molar-refractivity contribution < 1.29 is 13.2 Å². The number of nitrogens with zero attached hydrogens (tertiary/aromatic N) is 1. The highest BCUT2D eigenvalue weighted by atomic mass is 35.5. The number of nitrogens with one attached hydrogen (secondary N) is 1. The molecule has 2 aromatic carbocycles. The first-order valence-electron chi connectivity index (χ1n) is 6.80. The average molecular weight is 388 g/mol. The van der Waals surface area contributed by atoms with Crippen LogP contribution in [0.3, 0.4) is 0 Å². The highest BCUT2D eigenvalue weighted by Gasteiger charge is 2.28. The molecule has 2 aromatic rings. The third kappa shape index (κ3) is 3.81. The Morgan fingerprint density at radius 3 is 2.38 bits per heavy atom. The molecule has 2 rings (SSSR count). The Hall–Kier alpha value is -1.80. The van der Waals surface area contributed by atoms with Gasteiger partial charge < -0.3 is 0 Å². The molecular formula is C15H15Cl2N3O3S. The van der Waals surface area contributed by atoms with Crippen LogP contribution in [0.2, 0.25) is 10.0 Å². The number of hydrogen-bond acceptors (Lipinski definition) is 4. The number of anilines is 1. The second-order valence-electron chi connectivity index (χ2n) is 4.92. The second-order valence-corrected chi connectivity index (χ2v) is 7.62. The highest BCUT2D eigenvalue weighted by molar-refractivity contribution is 7.92. The Morgan fingerprint density at radius 1 is 1.17 bits per heavy atom. The molecule has 0 bridgehead atoms. The maximum Gasteiger partial charge on any atom is 0.264 e. The number of sulfonamides is 1. The van der Waals surface area contributed by atoms with Crippen LogP contribution in [-0.4, -0.2) is 20.9 Å². The summed E-state index contributed by atoms with van der Waals surface area (Å²) >= 11 is 11.9. The summed E-state index contributed by atoms with van der Waals surface area (Å²) in [5.74, 6) is 4.44. The van der Waals surface area contributed by atoms with Crippen molar-refractivity contribution in [2.45, 2.75) is 11.8 Å². The fourth-order valence-electron chi connectivity index (χ4n) is 2.08. The molecule has 0 fully saturated rings. The lowest BCUT2D eigenvalue weighted by molar-refractivity contribution is -0.119. The van der Waals surface area contributed by atoms with E-state index in [-0.39, 0.29) is 4.90 Å². The molecule has 9 heteroatoms. The predicted octanol–water partition coefficient (Wildman–Crippen LogP) is 2.49. The molecule has 1 amide bonds. The Bertz CT molecular complexity index is 855. The molecule has 0 aromatic heterocycles. The number of amides is 1. The van der Waals surface area contributed by atoms with Gasteiger partial charge in [-0.3, -0.25) is 14.5 Å². The lowest BCUT2D eigenvalue weighted by Gasteiger charge is -2.25. The van der Waals surface area contributed by atoms with E-state index >= 15 is 0 Å². The minimum atomic E-state index is -4.02. The van der Waals surface area contributed by atoms with Crippen LogP contribution in [0, 0.1) is 6.92 Å². The summed E-state index contributed by atoms with van der Waals surface area (Å²) < 4.78 is 26.9. The van der Waals surface area contributed by atoms with Gasteiger partial charge in [-0.2, -0.15) is 0 Å². The van der Waals surface area contributed by atoms with E-state index in [9.17, 15) is 13.2 Å². The molecule has 0 radical (unpaired) electrons. The largest absolute Gasteiger partial charge is 0.293 e. The first kappa shape index (κ1) is 18.5. The Morgan fingerprint density at radius 2 is 1.79 bits per heavy atom. The van der Waals surface area contributed by atoms with Gasteiger partial charge in [0.25, 0.3) is 15.9 Å². The molecule has 0 atom stereocenters. The molecule has 24 heavy (non-hydrogen) atoms. The van der Waals surface area contributed by atoms with Gasteiger partial charge in [-0.05, 0) is 48.9 Å². The normalized spacial score (nSPS) is 11.2. The van der Waals surface area contributed by atoms with Gasteiger partial charge in [0, 0.05) is 10.0 Å². The van der Waals surface area contributed by atoms with Crippen molar-refractivity contribution in [1.82, 2.24) is 5.43 Å². The summed E-state index contributed by atoms with van der Waals surface area (Å²) in [4.78, 5) is 11.7. The van der Waals surface area contributed by atoms with Gasteiger partial charge in [-0.15, -0.1) is 0 Å². The number of carbonyl (C=O) groups excluding carboxylic acids is 1. The van der Waals surface area contributed by atoms with E-state index in [0.29, 0.717) is 21.3 Å². The van der Waals surface area contributed by atoms with Crippen molar-refractivity contribution in [2.75, 3.05) is 10.8 Å². The van der Waals surface area contributed by atoms with Crippen molar-refractivity contribution in [3.05, 3.63) is 58.1 Å². The smallest absolute Gasteiger partial charge is 0.264 e. The van der Waals surface area contributed by atoms with Crippen LogP contribution in [-0.2, 0) is 14.8 Å². The van der Waals surface area contributed by atoms with Crippen LogP contribution >= 0.6 is 23.2 Å². The number of benzene rings is 2. The molecule has 3 N–H and O–H groups in total. The molecule has 128 valence electrons. The van der Waals surface area contributed by atoms with E-state index in [0.717, 1.165) is 4.31 Å². The molecule has 0 aliphatic carbocycles. The van der Waals surface area contributed by atoms with Crippen molar-refractivity contribution in [3.8, 4) is 0 Å². The summed E-state index contributed by atoms with van der Waals surface area (Å²) in [5, 5.41) is 0.788. The molecular weight excluding hydrogens is 373 g/mol. The van der Waals surface area contributed by atoms with Gasteiger partial charge in [0.15, 0.2) is 0 Å². The van der Waals surface area contributed by atoms with Crippen molar-refractivity contribution >= 4 is 44.8 Å². The second kappa shape index (κ2) is 7.40. The Balaban J connectivity index is 2.59. The van der Waals surface area contributed by atoms with Gasteiger partial charge in [0.05, 0.1) is 10.6 Å². The number of hydrazine groups is 1. The topological polar surface area (TPSA) is 92.5 Å². The van der Waals surface area contributed by atoms with Crippen LogP contribution in [0.5, 0.6) is 0 Å². The fourth-order valence-corrected chi connectivity index (χ4v) is 3.85. The van der Waals surface area contributed by atoms with Gasteiger partial charge in [-0.25, -0.2) is 14.3 Å². The zero-order chi connectivity index (χ0) is 17.9. The number of nitrogens with two attached hydrogens (primary N) is 1. The van der Waals surface area contributed by atoms with E-state index < -0.39 is 22.5 Å². The molecule has 0 aliphatic rings. The van der Waals surface area contributed by atoms with E-state index in [2.05, 4.69) is 0 Å². The first-order valence-corrected chi connectivity index (χ1v) is 9.00. The van der Waals surface area contributed by atoms with Crippen molar-refractivity contribution in [3.63, 3.8) is 0 Å². The summed E-state index contributed by atoms with van der Waals surface area (Å²) in [6, 6.07) is 10.5. The van der Waals surface area contributed by atoms with Gasteiger partial charge in [0.1, 0.15) is 6.54 Å². The molecule has 0 heterocycles. The van der Waals surface area contributed by atoms with Crippen LogP contribution in [0.15, 0.2) is 47.4 Å². The maximum absolute atomic E-state index is 13.0. The molecule has 0 spiro atoms. The number of carbonyl (C=O) groups is 1. The standard InChI is InChI=1S/C15H15Cl2N3O3S/c1-10-13(17)3-2-4-14(10)20(9-15(21)19-18)24(22,23)12-7-5-11(16)6-8-12/h2-8H,9,18H2,1H3,(H,19,21). The molecule has 0 unspecified atom stereocenters. The third-order valence-electron chi connectivity index (χ3n) is 3.36. The summed E-state index contributed by atoms with van der Waals surface area (Å²) in [7, 11) is -4.02. The van der Waals surface area contributed by atoms with E-state index in [1.165, 1.54) is 24.3 Å². The summed E-state index contributed by atoms with van der Waals surface area (Å²) in [6.45, 7) is 1.19. The molecule has 6 nitrogen and oxygen atoms in total. The monoisotopic (exact) mass is 387 g/mol. The molecule has 0 saturated carbocycles. The minimum absolute atomic E-state index is 0.00361. The van der Waals surface area contributed by atoms with Gasteiger partial charge in [-0.1, -0.05) is 29.3 Å². The molecule has 0 aliphatic heterocycles. The van der Waals surface area contributed by atoms with Crippen LogP contribution < -0.4 is 15.6 Å². The van der Waals surface area contributed by atoms with E-state index in [1.807, 2.05) is 5.43 Å². The Kier molecular flexibility index (Phi) is 5.71. The van der Waals surface area contributed by atoms with Crippen LogP contribution in [0.4, 0.5) is 5.69 Å². The van der Waals surface area contributed by atoms with E-state index in [1.54, 1.807) is 25.1 Å². The zero-order valence-electron chi connectivity index (χ0n) is 12.7. The predicted molar refractivity (Wildman–Crippen MR) is 94.5 cm³/mol. The lowest BCUT2D eigenvalue weighted by atomic mass is 10.2. The van der Waals surface area contributed by atoms with Gasteiger partial charge in [0.2, 0.25) is 0 Å². The highest BCUT2D eigenvalue weighted by Crippen LogP contribution is 2.31. The van der Waals surface area contributed by atoms with Crippen molar-refractivity contribution in [2.24, 2.45) is 5.84 Å². The zero-order valence-corrected chi connectivity index (χ0v) is 15.0. The van der Waals surface area contributed by atoms with E-state index in [4.69, 9.17) is 29.0 Å². The number of hydrogen-bond donors (Lipinski definition) is 2.